The number of nitrogens with two attached hydrogens (primary N) is 1. The van der Waals surface area contributed by atoms with Crippen LogP contribution in [0.5, 0.6) is 0 Å². The fourth-order valence-corrected chi connectivity index (χ4v) is 6.77. The van der Waals surface area contributed by atoms with E-state index in [2.05, 4.69) is 27.7 Å². The molecule has 0 aliphatic carbocycles. The van der Waals surface area contributed by atoms with Gasteiger partial charge in [0.05, 0.1) is 0 Å². The van der Waals surface area contributed by atoms with Crippen LogP contribution < -0.4 is 5.73 Å². The second kappa shape index (κ2) is 32.9. The van der Waals surface area contributed by atoms with Crippen LogP contribution in [0.3, 0.4) is 0 Å². The highest BCUT2D eigenvalue weighted by Crippen LogP contribution is 2.27. The minimum atomic E-state index is -0.00891. The highest BCUT2D eigenvalue weighted by molar-refractivity contribution is 4.82. The maximum atomic E-state index is 6.61. The van der Waals surface area contributed by atoms with Gasteiger partial charge in [-0.15, -0.1) is 0 Å². The molecule has 0 unspecified atom stereocenters. The van der Waals surface area contributed by atoms with E-state index in [1.54, 1.807) is 0 Å². The van der Waals surface area contributed by atoms with Crippen molar-refractivity contribution in [3.8, 4) is 0 Å². The Morgan fingerprint density at radius 1 is 0.317 bits per heavy atom. The molecule has 0 aliphatic heterocycles. The molecule has 0 spiro atoms. The van der Waals surface area contributed by atoms with E-state index in [9.17, 15) is 0 Å². The molecular weight excluding hydrogens is 494 g/mol. The van der Waals surface area contributed by atoms with Crippen LogP contribution in [0.15, 0.2) is 0 Å². The molecule has 0 bridgehead atoms. The zero-order valence-corrected chi connectivity index (χ0v) is 29.7. The molecule has 0 amide bonds. The standard InChI is InChI=1S/C40H83N/c1-5-7-9-11-13-15-17-19-21-23-25-27-29-31-33-35-37-39(40(3,4)41)38-36-34-32-30-28-26-24-22-20-18-16-14-12-10-8-6-2/h39H,5-38,41H2,1-4H3. The Hall–Kier alpha value is -0.0400. The lowest BCUT2D eigenvalue weighted by atomic mass is 9.80. The molecule has 0 radical (unpaired) electrons. The van der Waals surface area contributed by atoms with Gasteiger partial charge in [-0.1, -0.05) is 219 Å². The Morgan fingerprint density at radius 2 is 0.488 bits per heavy atom. The third-order valence-corrected chi connectivity index (χ3v) is 9.86. The summed E-state index contributed by atoms with van der Waals surface area (Å²) >= 11 is 0. The first-order valence-electron chi connectivity index (χ1n) is 19.8. The van der Waals surface area contributed by atoms with Gasteiger partial charge in [-0.2, -0.15) is 0 Å². The van der Waals surface area contributed by atoms with Gasteiger partial charge in [0.15, 0.2) is 0 Å². The minimum Gasteiger partial charge on any atom is -0.325 e. The van der Waals surface area contributed by atoms with Gasteiger partial charge in [-0.05, 0) is 32.6 Å². The monoisotopic (exact) mass is 578 g/mol. The Bertz CT molecular complexity index is 428. The highest BCUT2D eigenvalue weighted by Gasteiger charge is 2.23. The Balaban J connectivity index is 3.49. The maximum Gasteiger partial charge on any atom is 0.0125 e. The van der Waals surface area contributed by atoms with Gasteiger partial charge in [0, 0.05) is 5.54 Å². The minimum absolute atomic E-state index is 0.00891. The lowest BCUT2D eigenvalue weighted by Crippen LogP contribution is -2.40. The lowest BCUT2D eigenvalue weighted by Gasteiger charge is -2.31. The molecule has 0 atom stereocenters. The SMILES string of the molecule is CCCCCCCCCCCCCCCCCCC(CCCCCCCCCCCCCCCCCC)C(C)(C)N. The Labute approximate surface area is 262 Å². The van der Waals surface area contributed by atoms with Crippen LogP contribution in [-0.2, 0) is 0 Å². The van der Waals surface area contributed by atoms with Crippen LogP contribution in [0.1, 0.15) is 246 Å². The molecule has 2 N–H and O–H groups in total. The predicted octanol–water partition coefficient (Wildman–Crippen LogP) is 14.6. The van der Waals surface area contributed by atoms with E-state index in [0.717, 1.165) is 0 Å². The van der Waals surface area contributed by atoms with Gasteiger partial charge in [0.2, 0.25) is 0 Å². The summed E-state index contributed by atoms with van der Waals surface area (Å²) in [5.74, 6) is 0.709. The van der Waals surface area contributed by atoms with E-state index < -0.39 is 0 Å². The zero-order chi connectivity index (χ0) is 30.1. The molecule has 0 saturated carbocycles. The third kappa shape index (κ3) is 32.7. The van der Waals surface area contributed by atoms with Crippen LogP contribution in [0.25, 0.3) is 0 Å². The van der Waals surface area contributed by atoms with E-state index >= 15 is 0 Å². The van der Waals surface area contributed by atoms with Crippen LogP contribution in [0.4, 0.5) is 0 Å². The number of unbranched alkanes of at least 4 members (excludes halogenated alkanes) is 30. The van der Waals surface area contributed by atoms with Crippen LogP contribution >= 0.6 is 0 Å². The summed E-state index contributed by atoms with van der Waals surface area (Å²) in [6.07, 6.45) is 49.1. The van der Waals surface area contributed by atoms with Crippen molar-refractivity contribution >= 4 is 0 Å². The van der Waals surface area contributed by atoms with Gasteiger partial charge in [-0.25, -0.2) is 0 Å². The summed E-state index contributed by atoms with van der Waals surface area (Å²) in [5, 5.41) is 0. The summed E-state index contributed by atoms with van der Waals surface area (Å²) in [5.41, 5.74) is 6.60. The molecule has 0 fully saturated rings. The number of rotatable bonds is 35. The molecule has 0 aromatic rings. The van der Waals surface area contributed by atoms with E-state index in [1.807, 2.05) is 0 Å². The molecule has 0 saturated heterocycles. The van der Waals surface area contributed by atoms with Gasteiger partial charge in [0.25, 0.3) is 0 Å². The van der Waals surface area contributed by atoms with Crippen molar-refractivity contribution in [3.63, 3.8) is 0 Å². The van der Waals surface area contributed by atoms with E-state index in [4.69, 9.17) is 5.73 Å². The molecule has 1 heteroatoms. The summed E-state index contributed by atoms with van der Waals surface area (Å²) in [6, 6.07) is 0. The molecule has 248 valence electrons. The quantitative estimate of drug-likeness (QED) is 0.0745. The largest absolute Gasteiger partial charge is 0.325 e. The maximum absolute atomic E-state index is 6.61. The average molecular weight is 578 g/mol. The molecule has 0 aromatic carbocycles. The molecule has 0 heterocycles. The lowest BCUT2D eigenvalue weighted by molar-refractivity contribution is 0.267. The van der Waals surface area contributed by atoms with Crippen molar-refractivity contribution in [2.24, 2.45) is 11.7 Å². The van der Waals surface area contributed by atoms with Crippen LogP contribution in [0.2, 0.25) is 0 Å². The van der Waals surface area contributed by atoms with Crippen molar-refractivity contribution in [2.75, 3.05) is 0 Å². The predicted molar refractivity (Wildman–Crippen MR) is 190 cm³/mol. The van der Waals surface area contributed by atoms with Crippen molar-refractivity contribution in [3.05, 3.63) is 0 Å². The van der Waals surface area contributed by atoms with Gasteiger partial charge >= 0.3 is 0 Å². The zero-order valence-electron chi connectivity index (χ0n) is 29.7. The second-order valence-corrected chi connectivity index (χ2v) is 14.7. The Morgan fingerprint density at radius 3 is 0.659 bits per heavy atom. The van der Waals surface area contributed by atoms with E-state index in [0.29, 0.717) is 5.92 Å². The fraction of sp³-hybridized carbons (Fsp3) is 1.00. The average Bonchev–Trinajstić information content (AvgIpc) is 2.95. The smallest absolute Gasteiger partial charge is 0.0125 e. The number of hydrogen-bond acceptors (Lipinski definition) is 1. The summed E-state index contributed by atoms with van der Waals surface area (Å²) in [4.78, 5) is 0. The topological polar surface area (TPSA) is 26.0 Å². The second-order valence-electron chi connectivity index (χ2n) is 14.7. The molecule has 0 rings (SSSR count). The van der Waals surface area contributed by atoms with Gasteiger partial charge in [-0.3, -0.25) is 0 Å². The molecular formula is C40H83N. The first-order valence-corrected chi connectivity index (χ1v) is 19.8. The third-order valence-electron chi connectivity index (χ3n) is 9.86. The van der Waals surface area contributed by atoms with Crippen molar-refractivity contribution in [1.82, 2.24) is 0 Å². The fourth-order valence-electron chi connectivity index (χ4n) is 6.77. The van der Waals surface area contributed by atoms with Gasteiger partial charge < -0.3 is 5.73 Å². The van der Waals surface area contributed by atoms with E-state index in [1.165, 1.54) is 218 Å². The molecule has 0 aromatic heterocycles. The van der Waals surface area contributed by atoms with E-state index in [-0.39, 0.29) is 5.54 Å². The number of hydrogen-bond donors (Lipinski definition) is 1. The Kier molecular flexibility index (Phi) is 32.8. The van der Waals surface area contributed by atoms with Crippen LogP contribution in [-0.4, -0.2) is 5.54 Å². The van der Waals surface area contributed by atoms with Crippen molar-refractivity contribution in [1.29, 1.82) is 0 Å². The first-order chi connectivity index (χ1) is 20.0. The molecule has 1 nitrogen and oxygen atoms in total. The van der Waals surface area contributed by atoms with Crippen LogP contribution in [0, 0.1) is 5.92 Å². The first kappa shape index (κ1) is 41.0. The van der Waals surface area contributed by atoms with Gasteiger partial charge in [0.1, 0.15) is 0 Å². The highest BCUT2D eigenvalue weighted by atomic mass is 14.7. The summed E-state index contributed by atoms with van der Waals surface area (Å²) in [6.45, 7) is 9.16. The molecule has 0 aliphatic rings. The normalized spacial score (nSPS) is 12.1. The van der Waals surface area contributed by atoms with Crippen molar-refractivity contribution in [2.45, 2.75) is 252 Å². The summed E-state index contributed by atoms with van der Waals surface area (Å²) < 4.78 is 0. The summed E-state index contributed by atoms with van der Waals surface area (Å²) in [7, 11) is 0. The van der Waals surface area contributed by atoms with Crippen molar-refractivity contribution < 1.29 is 0 Å². The molecule has 41 heavy (non-hydrogen) atoms.